The van der Waals surface area contributed by atoms with Crippen molar-refractivity contribution in [1.29, 1.82) is 0 Å². The standard InChI is InChI=1S/C14H22BrN3/c1-4-18(10(2)3)14-11(7-12(15)9-17-14)8-16-13-5-6-13/h7,9-10,13,16H,4-6,8H2,1-3H3. The first-order chi connectivity index (χ1) is 8.61. The highest BCUT2D eigenvalue weighted by molar-refractivity contribution is 9.10. The zero-order valence-electron chi connectivity index (χ0n) is 11.4. The Labute approximate surface area is 118 Å². The van der Waals surface area contributed by atoms with Crippen molar-refractivity contribution in [2.75, 3.05) is 11.4 Å². The fraction of sp³-hybridized carbons (Fsp3) is 0.643. The van der Waals surface area contributed by atoms with Crippen LogP contribution in [0.1, 0.15) is 39.2 Å². The molecular weight excluding hydrogens is 290 g/mol. The monoisotopic (exact) mass is 311 g/mol. The van der Waals surface area contributed by atoms with E-state index in [0.29, 0.717) is 6.04 Å². The Morgan fingerprint density at radius 1 is 1.50 bits per heavy atom. The Balaban J connectivity index is 2.19. The van der Waals surface area contributed by atoms with Gasteiger partial charge in [-0.1, -0.05) is 0 Å². The predicted octanol–water partition coefficient (Wildman–Crippen LogP) is 3.33. The molecule has 1 fully saturated rings. The highest BCUT2D eigenvalue weighted by Crippen LogP contribution is 2.25. The Kier molecular flexibility index (Phi) is 4.62. The van der Waals surface area contributed by atoms with Gasteiger partial charge in [-0.05, 0) is 55.6 Å². The van der Waals surface area contributed by atoms with Crippen molar-refractivity contribution in [3.63, 3.8) is 0 Å². The van der Waals surface area contributed by atoms with Crippen LogP contribution in [-0.4, -0.2) is 23.6 Å². The summed E-state index contributed by atoms with van der Waals surface area (Å²) in [5.41, 5.74) is 1.28. The molecule has 2 rings (SSSR count). The van der Waals surface area contributed by atoms with Crippen molar-refractivity contribution < 1.29 is 0 Å². The lowest BCUT2D eigenvalue weighted by Crippen LogP contribution is -2.32. The summed E-state index contributed by atoms with van der Waals surface area (Å²) in [6, 6.07) is 3.39. The van der Waals surface area contributed by atoms with Crippen molar-refractivity contribution in [2.45, 2.75) is 52.2 Å². The molecule has 4 heteroatoms. The molecule has 1 N–H and O–H groups in total. The van der Waals surface area contributed by atoms with Crippen LogP contribution < -0.4 is 10.2 Å². The molecule has 0 bridgehead atoms. The molecule has 0 aliphatic heterocycles. The van der Waals surface area contributed by atoms with Crippen LogP contribution >= 0.6 is 15.9 Å². The van der Waals surface area contributed by atoms with Gasteiger partial charge in [-0.2, -0.15) is 0 Å². The summed E-state index contributed by atoms with van der Waals surface area (Å²) in [5.74, 6) is 1.11. The summed E-state index contributed by atoms with van der Waals surface area (Å²) in [5, 5.41) is 3.57. The van der Waals surface area contributed by atoms with E-state index in [1.54, 1.807) is 0 Å². The van der Waals surface area contributed by atoms with E-state index in [1.165, 1.54) is 18.4 Å². The number of nitrogens with zero attached hydrogens (tertiary/aromatic N) is 2. The van der Waals surface area contributed by atoms with Crippen molar-refractivity contribution in [2.24, 2.45) is 0 Å². The fourth-order valence-corrected chi connectivity index (χ4v) is 2.54. The zero-order chi connectivity index (χ0) is 13.1. The molecule has 1 saturated carbocycles. The number of hydrogen-bond donors (Lipinski definition) is 1. The SMILES string of the molecule is CCN(c1ncc(Br)cc1CNC1CC1)C(C)C. The maximum Gasteiger partial charge on any atom is 0.133 e. The zero-order valence-corrected chi connectivity index (χ0v) is 13.0. The summed E-state index contributed by atoms with van der Waals surface area (Å²) >= 11 is 3.52. The van der Waals surface area contributed by atoms with Crippen LogP contribution in [0.4, 0.5) is 5.82 Å². The van der Waals surface area contributed by atoms with E-state index in [-0.39, 0.29) is 0 Å². The van der Waals surface area contributed by atoms with E-state index >= 15 is 0 Å². The molecular formula is C14H22BrN3. The molecule has 1 aromatic rings. The predicted molar refractivity (Wildman–Crippen MR) is 80.0 cm³/mol. The van der Waals surface area contributed by atoms with Crippen molar-refractivity contribution in [1.82, 2.24) is 10.3 Å². The topological polar surface area (TPSA) is 28.2 Å². The average Bonchev–Trinajstić information content (AvgIpc) is 3.13. The highest BCUT2D eigenvalue weighted by Gasteiger charge is 2.22. The smallest absolute Gasteiger partial charge is 0.133 e. The minimum atomic E-state index is 0.475. The van der Waals surface area contributed by atoms with Gasteiger partial charge in [0.25, 0.3) is 0 Å². The maximum absolute atomic E-state index is 4.61. The van der Waals surface area contributed by atoms with E-state index in [0.717, 1.165) is 29.4 Å². The lowest BCUT2D eigenvalue weighted by atomic mass is 10.2. The van der Waals surface area contributed by atoms with Crippen LogP contribution in [0.3, 0.4) is 0 Å². The quantitative estimate of drug-likeness (QED) is 0.873. The lowest BCUT2D eigenvalue weighted by Gasteiger charge is -2.28. The second-order valence-corrected chi connectivity index (χ2v) is 6.09. The largest absolute Gasteiger partial charge is 0.354 e. The van der Waals surface area contributed by atoms with E-state index in [1.807, 2.05) is 6.20 Å². The van der Waals surface area contributed by atoms with Gasteiger partial charge in [0.2, 0.25) is 0 Å². The minimum absolute atomic E-state index is 0.475. The van der Waals surface area contributed by atoms with Gasteiger partial charge in [0.1, 0.15) is 5.82 Å². The maximum atomic E-state index is 4.61. The van der Waals surface area contributed by atoms with Crippen LogP contribution in [0, 0.1) is 0 Å². The molecule has 0 amide bonds. The van der Waals surface area contributed by atoms with Gasteiger partial charge >= 0.3 is 0 Å². The normalized spacial score (nSPS) is 15.2. The third-order valence-corrected chi connectivity index (χ3v) is 3.74. The van der Waals surface area contributed by atoms with Crippen LogP contribution in [0.25, 0.3) is 0 Å². The van der Waals surface area contributed by atoms with Crippen LogP contribution in [0.5, 0.6) is 0 Å². The lowest BCUT2D eigenvalue weighted by molar-refractivity contribution is 0.659. The van der Waals surface area contributed by atoms with E-state index in [9.17, 15) is 0 Å². The third-order valence-electron chi connectivity index (χ3n) is 3.30. The molecule has 0 aromatic carbocycles. The number of halogens is 1. The first kappa shape index (κ1) is 13.8. The molecule has 0 unspecified atom stereocenters. The third kappa shape index (κ3) is 3.45. The molecule has 0 atom stereocenters. The molecule has 0 saturated heterocycles. The molecule has 1 aliphatic carbocycles. The molecule has 100 valence electrons. The molecule has 1 aliphatic rings. The Morgan fingerprint density at radius 2 is 2.22 bits per heavy atom. The van der Waals surface area contributed by atoms with Crippen molar-refractivity contribution >= 4 is 21.7 Å². The fourth-order valence-electron chi connectivity index (χ4n) is 2.16. The summed E-state index contributed by atoms with van der Waals surface area (Å²) in [6.45, 7) is 8.51. The first-order valence-electron chi connectivity index (χ1n) is 6.76. The van der Waals surface area contributed by atoms with E-state index in [4.69, 9.17) is 0 Å². The second kappa shape index (κ2) is 6.02. The van der Waals surface area contributed by atoms with Gasteiger partial charge in [-0.3, -0.25) is 0 Å². The van der Waals surface area contributed by atoms with Gasteiger partial charge in [-0.15, -0.1) is 0 Å². The Bertz CT molecular complexity index is 402. The summed E-state index contributed by atoms with van der Waals surface area (Å²) in [4.78, 5) is 6.95. The number of aromatic nitrogens is 1. The van der Waals surface area contributed by atoms with Gasteiger partial charge in [0.15, 0.2) is 0 Å². The number of anilines is 1. The van der Waals surface area contributed by atoms with Crippen molar-refractivity contribution in [3.8, 4) is 0 Å². The highest BCUT2D eigenvalue weighted by atomic mass is 79.9. The van der Waals surface area contributed by atoms with Gasteiger partial charge < -0.3 is 10.2 Å². The number of rotatable bonds is 6. The molecule has 0 radical (unpaired) electrons. The van der Waals surface area contributed by atoms with Crippen LogP contribution in [0.2, 0.25) is 0 Å². The summed E-state index contributed by atoms with van der Waals surface area (Å²) in [7, 11) is 0. The number of nitrogens with one attached hydrogen (secondary N) is 1. The van der Waals surface area contributed by atoms with E-state index in [2.05, 4.69) is 58.0 Å². The van der Waals surface area contributed by atoms with E-state index < -0.39 is 0 Å². The first-order valence-corrected chi connectivity index (χ1v) is 7.55. The van der Waals surface area contributed by atoms with Gasteiger partial charge in [0, 0.05) is 41.4 Å². The van der Waals surface area contributed by atoms with Gasteiger partial charge in [0.05, 0.1) is 0 Å². The molecule has 3 nitrogen and oxygen atoms in total. The molecule has 1 aromatic heterocycles. The average molecular weight is 312 g/mol. The second-order valence-electron chi connectivity index (χ2n) is 5.17. The molecule has 0 spiro atoms. The Hall–Kier alpha value is -0.610. The number of pyridine rings is 1. The van der Waals surface area contributed by atoms with Crippen LogP contribution in [0.15, 0.2) is 16.7 Å². The van der Waals surface area contributed by atoms with Crippen LogP contribution in [-0.2, 0) is 6.54 Å². The Morgan fingerprint density at radius 3 is 2.78 bits per heavy atom. The minimum Gasteiger partial charge on any atom is -0.354 e. The summed E-state index contributed by atoms with van der Waals surface area (Å²) in [6.07, 6.45) is 4.53. The van der Waals surface area contributed by atoms with Gasteiger partial charge in [-0.25, -0.2) is 4.98 Å². The molecule has 18 heavy (non-hydrogen) atoms. The van der Waals surface area contributed by atoms with Crippen molar-refractivity contribution in [3.05, 3.63) is 22.3 Å². The molecule has 1 heterocycles. The number of hydrogen-bond acceptors (Lipinski definition) is 3. The summed E-state index contributed by atoms with van der Waals surface area (Å²) < 4.78 is 1.05.